The van der Waals surface area contributed by atoms with Crippen molar-refractivity contribution in [3.63, 3.8) is 0 Å². The van der Waals surface area contributed by atoms with Gasteiger partial charge in [0.2, 0.25) is 5.89 Å². The number of nitrogens with two attached hydrogens (primary N) is 1. The molecule has 90 valence electrons. The van der Waals surface area contributed by atoms with Gasteiger partial charge in [0.25, 0.3) is 0 Å². The molecule has 0 spiro atoms. The lowest BCUT2D eigenvalue weighted by molar-refractivity contribution is 0.114. The highest BCUT2D eigenvalue weighted by Crippen LogP contribution is 2.30. The zero-order valence-corrected chi connectivity index (χ0v) is 10.2. The normalized spacial score (nSPS) is 25.1. The van der Waals surface area contributed by atoms with Crippen LogP contribution < -0.4 is 5.73 Å². The molecule has 2 rings (SSSR count). The van der Waals surface area contributed by atoms with Crippen LogP contribution in [0.5, 0.6) is 0 Å². The Morgan fingerprint density at radius 2 is 2.44 bits per heavy atom. The van der Waals surface area contributed by atoms with Crippen LogP contribution in [0.15, 0.2) is 4.52 Å². The lowest BCUT2D eigenvalue weighted by atomic mass is 10.1. The van der Waals surface area contributed by atoms with Gasteiger partial charge in [-0.2, -0.15) is 16.7 Å². The van der Waals surface area contributed by atoms with E-state index >= 15 is 0 Å². The van der Waals surface area contributed by atoms with E-state index in [0.717, 1.165) is 24.5 Å². The molecule has 5 nitrogen and oxygen atoms in total. The van der Waals surface area contributed by atoms with Gasteiger partial charge < -0.3 is 15.0 Å². The summed E-state index contributed by atoms with van der Waals surface area (Å²) in [6, 6.07) is 0.134. The fourth-order valence-electron chi connectivity index (χ4n) is 1.61. The molecule has 0 bridgehead atoms. The maximum atomic E-state index is 5.96. The van der Waals surface area contributed by atoms with Gasteiger partial charge in [-0.1, -0.05) is 12.1 Å². The van der Waals surface area contributed by atoms with Gasteiger partial charge in [0.15, 0.2) is 5.82 Å². The number of hydrogen-bond acceptors (Lipinski definition) is 6. The Morgan fingerprint density at radius 3 is 3.12 bits per heavy atom. The molecular formula is C10H17N3O2S. The van der Waals surface area contributed by atoms with Gasteiger partial charge in [0.05, 0.1) is 5.92 Å². The summed E-state index contributed by atoms with van der Waals surface area (Å²) in [5, 5.41) is 3.89. The van der Waals surface area contributed by atoms with E-state index in [1.165, 1.54) is 0 Å². The summed E-state index contributed by atoms with van der Waals surface area (Å²) in [6.07, 6.45) is 0.995. The van der Waals surface area contributed by atoms with E-state index in [1.54, 1.807) is 0 Å². The molecule has 16 heavy (non-hydrogen) atoms. The van der Waals surface area contributed by atoms with E-state index in [-0.39, 0.29) is 12.0 Å². The second-order valence-electron chi connectivity index (χ2n) is 3.91. The number of hydrogen-bond donors (Lipinski definition) is 1. The molecule has 2 unspecified atom stereocenters. The first-order chi connectivity index (χ1) is 7.81. The number of ether oxygens (including phenoxy) is 1. The van der Waals surface area contributed by atoms with E-state index < -0.39 is 0 Å². The van der Waals surface area contributed by atoms with Crippen molar-refractivity contribution >= 4 is 11.8 Å². The minimum absolute atomic E-state index is 0.134. The molecule has 0 amide bonds. The molecule has 2 atom stereocenters. The first-order valence-electron chi connectivity index (χ1n) is 5.54. The zero-order chi connectivity index (χ0) is 11.4. The third-order valence-corrected chi connectivity index (χ3v) is 3.72. The molecule has 1 saturated heterocycles. The van der Waals surface area contributed by atoms with Gasteiger partial charge >= 0.3 is 0 Å². The largest absolute Gasteiger partial charge is 0.373 e. The topological polar surface area (TPSA) is 74.2 Å². The number of rotatable bonds is 5. The monoisotopic (exact) mass is 243 g/mol. The van der Waals surface area contributed by atoms with Crippen molar-refractivity contribution in [1.29, 1.82) is 0 Å². The summed E-state index contributed by atoms with van der Waals surface area (Å²) in [5.41, 5.74) is 5.96. The maximum Gasteiger partial charge on any atom is 0.232 e. The third-order valence-electron chi connectivity index (χ3n) is 2.51. The van der Waals surface area contributed by atoms with Gasteiger partial charge in [-0.3, -0.25) is 0 Å². The second kappa shape index (κ2) is 5.65. The van der Waals surface area contributed by atoms with E-state index in [1.807, 2.05) is 11.8 Å². The quantitative estimate of drug-likeness (QED) is 0.782. The van der Waals surface area contributed by atoms with Crippen LogP contribution in [0.3, 0.4) is 0 Å². The highest BCUT2D eigenvalue weighted by atomic mass is 32.2. The average Bonchev–Trinajstić information content (AvgIpc) is 2.87. The predicted molar refractivity (Wildman–Crippen MR) is 62.3 cm³/mol. The Bertz CT molecular complexity index is 332. The minimum Gasteiger partial charge on any atom is -0.373 e. The summed E-state index contributed by atoms with van der Waals surface area (Å²) >= 11 is 1.83. The molecule has 0 radical (unpaired) electrons. The summed E-state index contributed by atoms with van der Waals surface area (Å²) < 4.78 is 10.6. The first kappa shape index (κ1) is 11.9. The lowest BCUT2D eigenvalue weighted by Crippen LogP contribution is -2.26. The molecular weight excluding hydrogens is 226 g/mol. The van der Waals surface area contributed by atoms with Gasteiger partial charge in [-0.25, -0.2) is 0 Å². The van der Waals surface area contributed by atoms with E-state index in [4.69, 9.17) is 15.0 Å². The van der Waals surface area contributed by atoms with Crippen LogP contribution >= 0.6 is 11.8 Å². The van der Waals surface area contributed by atoms with Crippen LogP contribution in [-0.2, 0) is 11.3 Å². The van der Waals surface area contributed by atoms with Crippen LogP contribution in [0.2, 0.25) is 0 Å². The van der Waals surface area contributed by atoms with Crippen LogP contribution in [0.25, 0.3) is 0 Å². The molecule has 0 saturated carbocycles. The fourth-order valence-corrected chi connectivity index (χ4v) is 2.89. The SMILES string of the molecule is CCCOCc1noc(C2CSCC2N)n1. The summed E-state index contributed by atoms with van der Waals surface area (Å²) in [5.74, 6) is 3.42. The average molecular weight is 243 g/mol. The van der Waals surface area contributed by atoms with Crippen molar-refractivity contribution in [3.8, 4) is 0 Å². The summed E-state index contributed by atoms with van der Waals surface area (Å²) in [6.45, 7) is 3.21. The maximum absolute atomic E-state index is 5.96. The molecule has 1 aliphatic heterocycles. The standard InChI is InChI=1S/C10H17N3O2S/c1-2-3-14-4-9-12-10(15-13-9)7-5-16-6-8(7)11/h7-8H,2-6,11H2,1H3. The van der Waals surface area contributed by atoms with Crippen molar-refractivity contribution in [2.75, 3.05) is 18.1 Å². The molecule has 1 aromatic rings. The van der Waals surface area contributed by atoms with Crippen LogP contribution in [-0.4, -0.2) is 34.3 Å². The minimum atomic E-state index is 0.134. The van der Waals surface area contributed by atoms with Crippen molar-refractivity contribution in [1.82, 2.24) is 10.1 Å². The second-order valence-corrected chi connectivity index (χ2v) is 4.98. The zero-order valence-electron chi connectivity index (χ0n) is 9.39. The Labute approximate surface area is 99.1 Å². The smallest absolute Gasteiger partial charge is 0.232 e. The molecule has 1 aliphatic rings. The van der Waals surface area contributed by atoms with Gasteiger partial charge in [0, 0.05) is 24.2 Å². The Balaban J connectivity index is 1.91. The first-order valence-corrected chi connectivity index (χ1v) is 6.70. The van der Waals surface area contributed by atoms with Gasteiger partial charge in [-0.15, -0.1) is 0 Å². The van der Waals surface area contributed by atoms with Crippen molar-refractivity contribution in [2.45, 2.75) is 31.9 Å². The number of nitrogens with zero attached hydrogens (tertiary/aromatic N) is 2. The van der Waals surface area contributed by atoms with Crippen molar-refractivity contribution in [2.24, 2.45) is 5.73 Å². The van der Waals surface area contributed by atoms with E-state index in [2.05, 4.69) is 17.1 Å². The van der Waals surface area contributed by atoms with Crippen LogP contribution in [0.1, 0.15) is 31.0 Å². The van der Waals surface area contributed by atoms with E-state index in [0.29, 0.717) is 18.3 Å². The Hall–Kier alpha value is -0.590. The molecule has 2 heterocycles. The predicted octanol–water partition coefficient (Wildman–Crippen LogP) is 1.15. The highest BCUT2D eigenvalue weighted by molar-refractivity contribution is 7.99. The third kappa shape index (κ3) is 2.75. The molecule has 2 N–H and O–H groups in total. The molecule has 0 aromatic carbocycles. The highest BCUT2D eigenvalue weighted by Gasteiger charge is 2.30. The van der Waals surface area contributed by atoms with Gasteiger partial charge in [-0.05, 0) is 6.42 Å². The molecule has 6 heteroatoms. The van der Waals surface area contributed by atoms with Crippen LogP contribution in [0, 0.1) is 0 Å². The number of thioether (sulfide) groups is 1. The lowest BCUT2D eigenvalue weighted by Gasteiger charge is -2.07. The number of aromatic nitrogens is 2. The molecule has 1 fully saturated rings. The molecule has 0 aliphatic carbocycles. The van der Waals surface area contributed by atoms with E-state index in [9.17, 15) is 0 Å². The summed E-state index contributed by atoms with van der Waals surface area (Å²) in [7, 11) is 0. The van der Waals surface area contributed by atoms with Crippen molar-refractivity contribution in [3.05, 3.63) is 11.7 Å². The summed E-state index contributed by atoms with van der Waals surface area (Å²) in [4.78, 5) is 4.32. The van der Waals surface area contributed by atoms with Gasteiger partial charge in [0.1, 0.15) is 6.61 Å². The Morgan fingerprint density at radius 1 is 1.56 bits per heavy atom. The van der Waals surface area contributed by atoms with Crippen molar-refractivity contribution < 1.29 is 9.26 Å². The Kier molecular flexibility index (Phi) is 4.20. The van der Waals surface area contributed by atoms with Crippen LogP contribution in [0.4, 0.5) is 0 Å². The fraction of sp³-hybridized carbons (Fsp3) is 0.800. The molecule has 1 aromatic heterocycles.